The number of nitrogen functional groups attached to an aromatic ring is 1. The molecule has 2 heterocycles. The summed E-state index contributed by atoms with van der Waals surface area (Å²) in [6.45, 7) is 0. The molecule has 0 atom stereocenters. The lowest BCUT2D eigenvalue weighted by Gasteiger charge is -2.07. The van der Waals surface area contributed by atoms with E-state index in [2.05, 4.69) is 15.1 Å². The smallest absolute Gasteiger partial charge is 0.132 e. The summed E-state index contributed by atoms with van der Waals surface area (Å²) in [5.41, 5.74) is 7.84. The second-order valence-corrected chi connectivity index (χ2v) is 4.86. The van der Waals surface area contributed by atoms with Crippen LogP contribution >= 0.6 is 11.6 Å². The Labute approximate surface area is 125 Å². The van der Waals surface area contributed by atoms with Crippen molar-refractivity contribution in [3.05, 3.63) is 47.8 Å². The Morgan fingerprint density at radius 1 is 1.19 bits per heavy atom. The molecule has 1 aromatic carbocycles. The summed E-state index contributed by atoms with van der Waals surface area (Å²) < 4.78 is 15.7. The van der Waals surface area contributed by atoms with E-state index >= 15 is 0 Å². The fourth-order valence-corrected chi connectivity index (χ4v) is 2.40. The zero-order valence-corrected chi connectivity index (χ0v) is 11.8. The number of benzene rings is 1. The summed E-state index contributed by atoms with van der Waals surface area (Å²) in [6.07, 6.45) is 4.59. The lowest BCUT2D eigenvalue weighted by molar-refractivity contribution is 0.631. The van der Waals surface area contributed by atoms with Crippen molar-refractivity contribution >= 4 is 17.4 Å². The number of nitrogens with two attached hydrogens (primary N) is 1. The maximum Gasteiger partial charge on any atom is 0.132 e. The van der Waals surface area contributed by atoms with E-state index in [1.54, 1.807) is 31.6 Å². The van der Waals surface area contributed by atoms with Crippen LogP contribution in [0.25, 0.3) is 22.4 Å². The fourth-order valence-electron chi connectivity index (χ4n) is 2.14. The van der Waals surface area contributed by atoms with Crippen molar-refractivity contribution in [1.82, 2.24) is 19.7 Å². The van der Waals surface area contributed by atoms with Gasteiger partial charge in [0, 0.05) is 30.6 Å². The molecule has 0 spiro atoms. The molecule has 2 N–H and O–H groups in total. The minimum atomic E-state index is -0.458. The zero-order valence-electron chi connectivity index (χ0n) is 11.1. The lowest BCUT2D eigenvalue weighted by Crippen LogP contribution is -1.98. The number of hydrogen-bond donors (Lipinski definition) is 1. The maximum absolute atomic E-state index is 14.2. The molecule has 0 aliphatic heterocycles. The van der Waals surface area contributed by atoms with Crippen LogP contribution in [0.4, 0.5) is 10.2 Å². The van der Waals surface area contributed by atoms with Crippen LogP contribution in [0.3, 0.4) is 0 Å². The second kappa shape index (κ2) is 5.14. The Morgan fingerprint density at radius 3 is 2.57 bits per heavy atom. The standard InChI is InChI=1S/C14H11ClFN5/c1-21-14(17)12(11-9(15)3-2-4-10(11)16)13(20-21)8-5-18-7-19-6-8/h2-7H,17H2,1H3. The van der Waals surface area contributed by atoms with Gasteiger partial charge >= 0.3 is 0 Å². The average Bonchev–Trinajstić information content (AvgIpc) is 2.77. The molecule has 0 unspecified atom stereocenters. The van der Waals surface area contributed by atoms with E-state index in [1.807, 2.05) is 0 Å². The zero-order chi connectivity index (χ0) is 15.0. The van der Waals surface area contributed by atoms with Crippen LogP contribution < -0.4 is 5.73 Å². The number of nitrogens with zero attached hydrogens (tertiary/aromatic N) is 4. The summed E-state index contributed by atoms with van der Waals surface area (Å²) >= 11 is 6.14. The van der Waals surface area contributed by atoms with Gasteiger partial charge in [-0.2, -0.15) is 5.10 Å². The Hall–Kier alpha value is -2.47. The predicted molar refractivity (Wildman–Crippen MR) is 79.1 cm³/mol. The van der Waals surface area contributed by atoms with E-state index in [0.717, 1.165) is 0 Å². The van der Waals surface area contributed by atoms with E-state index < -0.39 is 5.82 Å². The Morgan fingerprint density at radius 2 is 1.90 bits per heavy atom. The van der Waals surface area contributed by atoms with E-state index in [9.17, 15) is 4.39 Å². The molecule has 106 valence electrons. The molecule has 0 aliphatic rings. The van der Waals surface area contributed by atoms with E-state index in [1.165, 1.54) is 17.1 Å². The molecule has 0 radical (unpaired) electrons. The fraction of sp³-hybridized carbons (Fsp3) is 0.0714. The van der Waals surface area contributed by atoms with Crippen LogP contribution in [0.15, 0.2) is 36.9 Å². The third-order valence-corrected chi connectivity index (χ3v) is 3.45. The number of halogens is 2. The van der Waals surface area contributed by atoms with Gasteiger partial charge in [0.1, 0.15) is 23.7 Å². The van der Waals surface area contributed by atoms with Gasteiger partial charge in [0.25, 0.3) is 0 Å². The summed E-state index contributed by atoms with van der Waals surface area (Å²) in [7, 11) is 1.68. The Bertz CT molecular complexity index is 780. The van der Waals surface area contributed by atoms with E-state index in [-0.39, 0.29) is 10.6 Å². The number of rotatable bonds is 2. The first kappa shape index (κ1) is 13.5. The molecule has 0 saturated carbocycles. The van der Waals surface area contributed by atoms with Crippen molar-refractivity contribution in [3.63, 3.8) is 0 Å². The van der Waals surface area contributed by atoms with Crippen molar-refractivity contribution in [2.45, 2.75) is 0 Å². The number of aromatic nitrogens is 4. The number of anilines is 1. The summed E-state index contributed by atoms with van der Waals surface area (Å²) in [4.78, 5) is 7.90. The van der Waals surface area contributed by atoms with Crippen molar-refractivity contribution in [1.29, 1.82) is 0 Å². The minimum Gasteiger partial charge on any atom is -0.383 e. The van der Waals surface area contributed by atoms with Gasteiger partial charge in [0.05, 0.1) is 10.6 Å². The molecule has 0 amide bonds. The van der Waals surface area contributed by atoms with Crippen LogP contribution in [0.5, 0.6) is 0 Å². The van der Waals surface area contributed by atoms with Crippen LogP contribution in [0, 0.1) is 5.82 Å². The third-order valence-electron chi connectivity index (χ3n) is 3.14. The molecule has 7 heteroatoms. The quantitative estimate of drug-likeness (QED) is 0.790. The van der Waals surface area contributed by atoms with Gasteiger partial charge in [-0.05, 0) is 12.1 Å². The van der Waals surface area contributed by atoms with Gasteiger partial charge in [-0.25, -0.2) is 14.4 Å². The first-order valence-electron chi connectivity index (χ1n) is 6.12. The highest BCUT2D eigenvalue weighted by atomic mass is 35.5. The largest absolute Gasteiger partial charge is 0.383 e. The van der Waals surface area contributed by atoms with Crippen molar-refractivity contribution in [2.24, 2.45) is 7.05 Å². The molecular weight excluding hydrogens is 293 g/mol. The molecule has 3 aromatic rings. The summed E-state index contributed by atoms with van der Waals surface area (Å²) in [5.74, 6) is -0.138. The predicted octanol–water partition coefficient (Wildman–Crippen LogP) is 2.92. The molecule has 0 fully saturated rings. The van der Waals surface area contributed by atoms with Crippen LogP contribution in [0.2, 0.25) is 5.02 Å². The highest BCUT2D eigenvalue weighted by Crippen LogP contribution is 2.40. The number of aryl methyl sites for hydroxylation is 1. The lowest BCUT2D eigenvalue weighted by atomic mass is 10.0. The van der Waals surface area contributed by atoms with Crippen molar-refractivity contribution < 1.29 is 4.39 Å². The third kappa shape index (κ3) is 2.23. The van der Waals surface area contributed by atoms with Gasteiger partial charge in [-0.15, -0.1) is 0 Å². The van der Waals surface area contributed by atoms with Gasteiger partial charge < -0.3 is 5.73 Å². The van der Waals surface area contributed by atoms with Gasteiger partial charge in [-0.1, -0.05) is 17.7 Å². The molecule has 0 saturated heterocycles. The average molecular weight is 304 g/mol. The molecule has 2 aromatic heterocycles. The molecule has 0 bridgehead atoms. The molecular formula is C14H11ClFN5. The molecule has 3 rings (SSSR count). The first-order chi connectivity index (χ1) is 10.1. The Kier molecular flexibility index (Phi) is 3.31. The Balaban J connectivity index is 2.33. The molecule has 0 aliphatic carbocycles. The normalized spacial score (nSPS) is 10.8. The van der Waals surface area contributed by atoms with Crippen molar-refractivity contribution in [2.75, 3.05) is 5.73 Å². The van der Waals surface area contributed by atoms with Gasteiger partial charge in [0.15, 0.2) is 0 Å². The topological polar surface area (TPSA) is 69.6 Å². The highest BCUT2D eigenvalue weighted by Gasteiger charge is 2.22. The van der Waals surface area contributed by atoms with E-state index in [4.69, 9.17) is 17.3 Å². The summed E-state index contributed by atoms with van der Waals surface area (Å²) in [5, 5.41) is 4.60. The van der Waals surface area contributed by atoms with Crippen molar-refractivity contribution in [3.8, 4) is 22.4 Å². The molecule has 21 heavy (non-hydrogen) atoms. The van der Waals surface area contributed by atoms with Gasteiger partial charge in [0.2, 0.25) is 0 Å². The van der Waals surface area contributed by atoms with Crippen LogP contribution in [-0.4, -0.2) is 19.7 Å². The molecule has 5 nitrogen and oxygen atoms in total. The summed E-state index contributed by atoms with van der Waals surface area (Å²) in [6, 6.07) is 4.48. The maximum atomic E-state index is 14.2. The van der Waals surface area contributed by atoms with E-state index in [0.29, 0.717) is 22.6 Å². The van der Waals surface area contributed by atoms with Crippen LogP contribution in [-0.2, 0) is 7.05 Å². The number of hydrogen-bond acceptors (Lipinski definition) is 4. The SMILES string of the molecule is Cn1nc(-c2cncnc2)c(-c2c(F)cccc2Cl)c1N. The monoisotopic (exact) mass is 303 g/mol. The van der Waals surface area contributed by atoms with Gasteiger partial charge in [-0.3, -0.25) is 4.68 Å². The second-order valence-electron chi connectivity index (χ2n) is 4.46. The van der Waals surface area contributed by atoms with Crippen LogP contribution in [0.1, 0.15) is 0 Å². The highest BCUT2D eigenvalue weighted by molar-refractivity contribution is 6.33. The minimum absolute atomic E-state index is 0.226. The first-order valence-corrected chi connectivity index (χ1v) is 6.49.